The van der Waals surface area contributed by atoms with Gasteiger partial charge in [-0.05, 0) is 47.9 Å². The molecule has 33 heavy (non-hydrogen) atoms. The first kappa shape index (κ1) is 22.9. The summed E-state index contributed by atoms with van der Waals surface area (Å²) in [6.07, 6.45) is -1.96. The molecule has 0 spiro atoms. The third-order valence-corrected chi connectivity index (χ3v) is 5.75. The van der Waals surface area contributed by atoms with Crippen LogP contribution in [0.1, 0.15) is 25.3 Å². The normalized spacial score (nSPS) is 23.6. The van der Waals surface area contributed by atoms with Gasteiger partial charge in [-0.1, -0.05) is 26.0 Å². The lowest BCUT2D eigenvalue weighted by Crippen LogP contribution is -2.46. The Labute approximate surface area is 192 Å². The van der Waals surface area contributed by atoms with Crippen LogP contribution in [0.3, 0.4) is 0 Å². The van der Waals surface area contributed by atoms with Gasteiger partial charge in [-0.2, -0.15) is 0 Å². The van der Waals surface area contributed by atoms with Crippen molar-refractivity contribution < 1.29 is 28.5 Å². The van der Waals surface area contributed by atoms with Crippen LogP contribution >= 0.6 is 0 Å². The summed E-state index contributed by atoms with van der Waals surface area (Å²) in [7, 11) is 1.58. The van der Waals surface area contributed by atoms with Crippen molar-refractivity contribution in [3.05, 3.63) is 54.1 Å². The molecule has 0 aliphatic carbocycles. The molecular weight excluding hydrogens is 426 g/mol. The van der Waals surface area contributed by atoms with Crippen molar-refractivity contribution in [3.63, 3.8) is 0 Å². The highest BCUT2D eigenvalue weighted by atomic mass is 16.6. The van der Waals surface area contributed by atoms with Gasteiger partial charge in [0.1, 0.15) is 18.0 Å². The van der Waals surface area contributed by atoms with Crippen LogP contribution in [0.2, 0.25) is 0 Å². The molecule has 2 aromatic rings. The molecule has 9 nitrogen and oxygen atoms in total. The minimum absolute atomic E-state index is 0.202. The number of amides is 3. The Morgan fingerprint density at radius 3 is 2.21 bits per heavy atom. The highest BCUT2D eigenvalue weighted by Gasteiger charge is 2.50. The Bertz CT molecular complexity index is 963. The maximum absolute atomic E-state index is 12.4. The number of ether oxygens (including phenoxy) is 4. The molecule has 0 unspecified atom stereocenters. The van der Waals surface area contributed by atoms with E-state index in [-0.39, 0.29) is 25.3 Å². The van der Waals surface area contributed by atoms with Crippen LogP contribution in [0, 0.1) is 0 Å². The fourth-order valence-corrected chi connectivity index (χ4v) is 3.94. The van der Waals surface area contributed by atoms with E-state index in [4.69, 9.17) is 18.9 Å². The van der Waals surface area contributed by atoms with Gasteiger partial charge < -0.3 is 29.6 Å². The molecule has 9 heteroatoms. The summed E-state index contributed by atoms with van der Waals surface area (Å²) in [6.45, 7) is 4.69. The Morgan fingerprint density at radius 2 is 1.55 bits per heavy atom. The summed E-state index contributed by atoms with van der Waals surface area (Å²) in [5.41, 5.74) is 2.48. The van der Waals surface area contributed by atoms with E-state index in [0.29, 0.717) is 23.0 Å². The van der Waals surface area contributed by atoms with Crippen LogP contribution in [-0.2, 0) is 14.2 Å². The van der Waals surface area contributed by atoms with E-state index in [9.17, 15) is 9.59 Å². The average molecular weight is 456 g/mol. The van der Waals surface area contributed by atoms with E-state index in [2.05, 4.69) is 29.8 Å². The predicted octanol–water partition coefficient (Wildman–Crippen LogP) is 3.72. The molecule has 0 radical (unpaired) electrons. The van der Waals surface area contributed by atoms with Gasteiger partial charge in [0.25, 0.3) is 0 Å². The van der Waals surface area contributed by atoms with Gasteiger partial charge in [0.2, 0.25) is 0 Å². The van der Waals surface area contributed by atoms with Crippen molar-refractivity contribution >= 4 is 23.5 Å². The number of carbonyl (C=O) groups excluding carboxylic acids is 2. The maximum Gasteiger partial charge on any atom is 0.412 e. The minimum atomic E-state index is -0.571. The summed E-state index contributed by atoms with van der Waals surface area (Å²) in [6, 6.07) is 13.9. The van der Waals surface area contributed by atoms with Crippen molar-refractivity contribution in [3.8, 4) is 5.75 Å². The number of urea groups is 1. The zero-order chi connectivity index (χ0) is 23.4. The average Bonchev–Trinajstić information content (AvgIpc) is 3.38. The van der Waals surface area contributed by atoms with Gasteiger partial charge in [-0.3, -0.25) is 5.32 Å². The van der Waals surface area contributed by atoms with Crippen molar-refractivity contribution in [2.75, 3.05) is 31.0 Å². The zero-order valence-corrected chi connectivity index (χ0v) is 18.9. The lowest BCUT2D eigenvalue weighted by atomic mass is 10.0. The van der Waals surface area contributed by atoms with Crippen LogP contribution < -0.4 is 20.7 Å². The summed E-state index contributed by atoms with van der Waals surface area (Å²) >= 11 is 0. The van der Waals surface area contributed by atoms with Gasteiger partial charge in [0.15, 0.2) is 6.10 Å². The number of hydrogen-bond donors (Lipinski definition) is 3. The van der Waals surface area contributed by atoms with E-state index < -0.39 is 24.4 Å². The lowest BCUT2D eigenvalue weighted by molar-refractivity contribution is 0.00873. The molecule has 2 saturated heterocycles. The van der Waals surface area contributed by atoms with E-state index >= 15 is 0 Å². The molecular formula is C24H29N3O6. The minimum Gasteiger partial charge on any atom is -0.497 e. The second-order valence-corrected chi connectivity index (χ2v) is 8.37. The number of nitrogens with one attached hydrogen (secondary N) is 3. The monoisotopic (exact) mass is 455 g/mol. The fourth-order valence-electron chi connectivity index (χ4n) is 3.94. The summed E-state index contributed by atoms with van der Waals surface area (Å²) < 4.78 is 22.2. The summed E-state index contributed by atoms with van der Waals surface area (Å²) in [4.78, 5) is 24.7. The number of benzene rings is 2. The molecule has 4 rings (SSSR count). The van der Waals surface area contributed by atoms with E-state index in [1.165, 1.54) is 5.56 Å². The number of fused-ring (bicyclic) bond motifs is 1. The molecule has 0 aromatic heterocycles. The van der Waals surface area contributed by atoms with Crippen molar-refractivity contribution in [1.82, 2.24) is 5.32 Å². The standard InChI is InChI=1S/C24H29N3O6/c1-14(2)15-4-6-17(7-5-15)26-24(29)33-20-13-32-21-19(12-31-22(20)21)27-23(28)25-16-8-10-18(30-3)11-9-16/h4-11,14,19-22H,12-13H2,1-3H3,(H,26,29)(H2,25,27,28)/t19-,20+,21+,22+/m0/s1. The smallest absolute Gasteiger partial charge is 0.412 e. The molecule has 0 bridgehead atoms. The highest BCUT2D eigenvalue weighted by Crippen LogP contribution is 2.29. The number of carbonyl (C=O) groups is 2. The highest BCUT2D eigenvalue weighted by molar-refractivity contribution is 5.89. The molecule has 2 heterocycles. The van der Waals surface area contributed by atoms with Gasteiger partial charge in [0, 0.05) is 11.4 Å². The third-order valence-electron chi connectivity index (χ3n) is 5.75. The topological polar surface area (TPSA) is 107 Å². The van der Waals surface area contributed by atoms with Crippen LogP contribution in [0.4, 0.5) is 21.0 Å². The molecule has 2 aliphatic heterocycles. The van der Waals surface area contributed by atoms with Crippen LogP contribution in [-0.4, -0.2) is 56.8 Å². The molecule has 0 saturated carbocycles. The first-order valence-corrected chi connectivity index (χ1v) is 11.0. The van der Waals surface area contributed by atoms with Crippen LogP contribution in [0.25, 0.3) is 0 Å². The van der Waals surface area contributed by atoms with E-state index in [1.807, 2.05) is 24.3 Å². The van der Waals surface area contributed by atoms with Crippen LogP contribution in [0.5, 0.6) is 5.75 Å². The van der Waals surface area contributed by atoms with Crippen LogP contribution in [0.15, 0.2) is 48.5 Å². The van der Waals surface area contributed by atoms with Crippen molar-refractivity contribution in [2.24, 2.45) is 0 Å². The largest absolute Gasteiger partial charge is 0.497 e. The second kappa shape index (κ2) is 10.1. The Kier molecular flexibility index (Phi) is 7.00. The van der Waals surface area contributed by atoms with E-state index in [1.54, 1.807) is 31.4 Å². The molecule has 2 fully saturated rings. The lowest BCUT2D eigenvalue weighted by Gasteiger charge is -2.18. The molecule has 2 aliphatic rings. The number of methoxy groups -OCH3 is 1. The predicted molar refractivity (Wildman–Crippen MR) is 123 cm³/mol. The molecule has 2 aromatic carbocycles. The third kappa shape index (κ3) is 5.55. The second-order valence-electron chi connectivity index (χ2n) is 8.37. The number of hydrogen-bond acceptors (Lipinski definition) is 6. The molecule has 4 atom stereocenters. The number of anilines is 2. The van der Waals surface area contributed by atoms with Crippen molar-refractivity contribution in [2.45, 2.75) is 44.1 Å². The first-order chi connectivity index (χ1) is 15.9. The Morgan fingerprint density at radius 1 is 0.909 bits per heavy atom. The zero-order valence-electron chi connectivity index (χ0n) is 18.9. The van der Waals surface area contributed by atoms with E-state index in [0.717, 1.165) is 0 Å². The fraction of sp³-hybridized carbons (Fsp3) is 0.417. The molecule has 176 valence electrons. The SMILES string of the molecule is COc1ccc(NC(=O)N[C@H]2CO[C@H]3[C@@H]2OC[C@H]3OC(=O)Nc2ccc(C(C)C)cc2)cc1. The van der Waals surface area contributed by atoms with Gasteiger partial charge in [-0.15, -0.1) is 0 Å². The molecule has 3 amide bonds. The Balaban J connectivity index is 1.26. The summed E-state index contributed by atoms with van der Waals surface area (Å²) in [5, 5.41) is 8.37. The maximum atomic E-state index is 12.4. The molecule has 3 N–H and O–H groups in total. The Hall–Kier alpha value is -3.30. The summed E-state index contributed by atoms with van der Waals surface area (Å²) in [5.74, 6) is 1.12. The number of rotatable bonds is 6. The van der Waals surface area contributed by atoms with Gasteiger partial charge >= 0.3 is 12.1 Å². The quantitative estimate of drug-likeness (QED) is 0.613. The van der Waals surface area contributed by atoms with Gasteiger partial charge in [0.05, 0.1) is 26.4 Å². The van der Waals surface area contributed by atoms with Crippen molar-refractivity contribution in [1.29, 1.82) is 0 Å². The first-order valence-electron chi connectivity index (χ1n) is 11.0. The van der Waals surface area contributed by atoms with Gasteiger partial charge in [-0.25, -0.2) is 9.59 Å².